The molecule has 1 aromatic rings. The maximum atomic E-state index is 9.75. The topological polar surface area (TPSA) is 26.3 Å². The van der Waals surface area contributed by atoms with E-state index in [4.69, 9.17) is 0 Å². The molecule has 0 spiro atoms. The zero-order valence-electron chi connectivity index (χ0n) is 11.7. The average molecular weight is 246 g/mol. The summed E-state index contributed by atoms with van der Waals surface area (Å²) in [5, 5.41) is 0. The van der Waals surface area contributed by atoms with E-state index >= 15 is 0 Å². The van der Waals surface area contributed by atoms with Gasteiger partial charge < -0.3 is 4.74 Å². The number of hydrogen-bond donors (Lipinski definition) is 0. The molecule has 18 heavy (non-hydrogen) atoms. The highest BCUT2D eigenvalue weighted by atomic mass is 16.5. The van der Waals surface area contributed by atoms with Crippen LogP contribution in [0.25, 0.3) is 6.08 Å². The lowest BCUT2D eigenvalue weighted by molar-refractivity contribution is -0.135. The Morgan fingerprint density at radius 1 is 1.22 bits per heavy atom. The molecule has 0 saturated carbocycles. The Kier molecular flexibility index (Phi) is 6.73. The summed E-state index contributed by atoms with van der Waals surface area (Å²) in [5.74, 6) is -0.329. The van der Waals surface area contributed by atoms with Gasteiger partial charge in [-0.05, 0) is 16.5 Å². The van der Waals surface area contributed by atoms with Crippen LogP contribution in [-0.4, -0.2) is 5.97 Å². The molecule has 0 radical (unpaired) electrons. The number of carbonyl (C=O) groups excluding carboxylic acids is 1. The van der Waals surface area contributed by atoms with Gasteiger partial charge in [0.1, 0.15) is 0 Å². The molecule has 0 amide bonds. The molecule has 0 aliphatic carbocycles. The van der Waals surface area contributed by atoms with Gasteiger partial charge >= 0.3 is 5.97 Å². The van der Waals surface area contributed by atoms with E-state index in [9.17, 15) is 4.79 Å². The van der Waals surface area contributed by atoms with Crippen molar-refractivity contribution in [2.24, 2.45) is 0 Å². The predicted octanol–water partition coefficient (Wildman–Crippen LogP) is 4.32. The fourth-order valence-electron chi connectivity index (χ4n) is 1.48. The van der Waals surface area contributed by atoms with Gasteiger partial charge in [-0.1, -0.05) is 64.3 Å². The first-order valence-corrected chi connectivity index (χ1v) is 5.83. The van der Waals surface area contributed by atoms with Crippen molar-refractivity contribution in [3.8, 4) is 0 Å². The third-order valence-corrected chi connectivity index (χ3v) is 2.24. The van der Waals surface area contributed by atoms with Crippen LogP contribution in [0.15, 0.2) is 43.7 Å². The van der Waals surface area contributed by atoms with Crippen molar-refractivity contribution in [1.29, 1.82) is 0 Å². The Morgan fingerprint density at radius 2 is 1.78 bits per heavy atom. The van der Waals surface area contributed by atoms with Crippen LogP contribution in [0.4, 0.5) is 0 Å². The lowest BCUT2D eigenvalue weighted by Crippen LogP contribution is -2.12. The van der Waals surface area contributed by atoms with Gasteiger partial charge in [0.25, 0.3) is 0 Å². The van der Waals surface area contributed by atoms with E-state index in [1.165, 1.54) is 18.1 Å². The van der Waals surface area contributed by atoms with Crippen molar-refractivity contribution in [1.82, 2.24) is 0 Å². The van der Waals surface area contributed by atoms with E-state index in [0.717, 1.165) is 6.26 Å². The average Bonchev–Trinajstić information content (AvgIpc) is 2.28. The van der Waals surface area contributed by atoms with Gasteiger partial charge in [-0.3, -0.25) is 4.79 Å². The zero-order valence-corrected chi connectivity index (χ0v) is 11.7. The SMILES string of the molecule is C=COC(C)=O.C=Cc1ccccc1C(C)(C)C. The van der Waals surface area contributed by atoms with Crippen molar-refractivity contribution in [3.63, 3.8) is 0 Å². The fourth-order valence-corrected chi connectivity index (χ4v) is 1.48. The molecule has 0 N–H and O–H groups in total. The Hall–Kier alpha value is -1.83. The summed E-state index contributed by atoms with van der Waals surface area (Å²) in [4.78, 5) is 9.75. The number of benzene rings is 1. The summed E-state index contributed by atoms with van der Waals surface area (Å²) >= 11 is 0. The number of esters is 1. The maximum absolute atomic E-state index is 9.75. The van der Waals surface area contributed by atoms with E-state index < -0.39 is 0 Å². The first-order valence-electron chi connectivity index (χ1n) is 5.83. The first kappa shape index (κ1) is 16.2. The van der Waals surface area contributed by atoms with E-state index in [1.54, 1.807) is 0 Å². The van der Waals surface area contributed by atoms with Gasteiger partial charge in [-0.15, -0.1) is 0 Å². The van der Waals surface area contributed by atoms with E-state index in [1.807, 2.05) is 12.1 Å². The molecule has 0 aliphatic heterocycles. The van der Waals surface area contributed by atoms with Crippen LogP contribution in [0.1, 0.15) is 38.8 Å². The lowest BCUT2D eigenvalue weighted by atomic mass is 9.84. The normalized spacial score (nSPS) is 9.78. The van der Waals surface area contributed by atoms with Gasteiger partial charge in [-0.25, -0.2) is 0 Å². The van der Waals surface area contributed by atoms with Crippen LogP contribution in [-0.2, 0) is 14.9 Å². The summed E-state index contributed by atoms with van der Waals surface area (Å²) in [6.45, 7) is 14.9. The standard InChI is InChI=1S/C12H16.C4H6O2/c1-5-10-8-6-7-9-11(10)12(2,3)4;1-3-6-4(2)5/h5-9H,1H2,2-4H3;3H,1H2,2H3. The van der Waals surface area contributed by atoms with Crippen LogP contribution in [0.2, 0.25) is 0 Å². The minimum Gasteiger partial charge on any atom is -0.435 e. The minimum absolute atomic E-state index is 0.213. The van der Waals surface area contributed by atoms with Crippen molar-refractivity contribution in [2.75, 3.05) is 0 Å². The van der Waals surface area contributed by atoms with Crippen LogP contribution in [0.3, 0.4) is 0 Å². The molecule has 0 fully saturated rings. The third-order valence-electron chi connectivity index (χ3n) is 2.24. The van der Waals surface area contributed by atoms with Crippen LogP contribution in [0.5, 0.6) is 0 Å². The zero-order chi connectivity index (χ0) is 14.2. The molecule has 1 aromatic carbocycles. The molecule has 2 heteroatoms. The molecule has 0 aliphatic rings. The molecular formula is C16H22O2. The minimum atomic E-state index is -0.329. The molecular weight excluding hydrogens is 224 g/mol. The predicted molar refractivity (Wildman–Crippen MR) is 77.2 cm³/mol. The van der Waals surface area contributed by atoms with E-state index in [-0.39, 0.29) is 11.4 Å². The quantitative estimate of drug-likeness (QED) is 0.574. The number of hydrogen-bond acceptors (Lipinski definition) is 2. The smallest absolute Gasteiger partial charge is 0.307 e. The highest BCUT2D eigenvalue weighted by Gasteiger charge is 2.15. The van der Waals surface area contributed by atoms with Gasteiger partial charge in [0.05, 0.1) is 6.26 Å². The molecule has 0 bridgehead atoms. The second-order valence-electron chi connectivity index (χ2n) is 4.82. The summed E-state index contributed by atoms with van der Waals surface area (Å²) < 4.78 is 4.17. The molecule has 1 rings (SSSR count). The number of ether oxygens (including phenoxy) is 1. The Morgan fingerprint density at radius 3 is 2.06 bits per heavy atom. The van der Waals surface area contributed by atoms with Crippen molar-refractivity contribution in [3.05, 3.63) is 54.8 Å². The summed E-state index contributed by atoms with van der Waals surface area (Å²) in [7, 11) is 0. The molecule has 98 valence electrons. The molecule has 0 aromatic heterocycles. The molecule has 0 heterocycles. The van der Waals surface area contributed by atoms with Crippen molar-refractivity contribution < 1.29 is 9.53 Å². The van der Waals surface area contributed by atoms with Gasteiger partial charge in [0.15, 0.2) is 0 Å². The highest BCUT2D eigenvalue weighted by molar-refractivity contribution is 5.66. The summed E-state index contributed by atoms with van der Waals surface area (Å²) in [6, 6.07) is 8.39. The van der Waals surface area contributed by atoms with Crippen LogP contribution in [0, 0.1) is 0 Å². The summed E-state index contributed by atoms with van der Waals surface area (Å²) in [6.07, 6.45) is 3.02. The number of rotatable bonds is 2. The Bertz CT molecular complexity index is 411. The first-order chi connectivity index (χ1) is 8.32. The monoisotopic (exact) mass is 246 g/mol. The molecule has 0 atom stereocenters. The summed E-state index contributed by atoms with van der Waals surface area (Å²) in [5.41, 5.74) is 2.81. The molecule has 0 unspecified atom stereocenters. The van der Waals surface area contributed by atoms with E-state index in [0.29, 0.717) is 0 Å². The Labute approximate surface area is 110 Å². The van der Waals surface area contributed by atoms with E-state index in [2.05, 4.69) is 56.9 Å². The Balaban J connectivity index is 0.000000411. The van der Waals surface area contributed by atoms with Crippen molar-refractivity contribution >= 4 is 12.0 Å². The van der Waals surface area contributed by atoms with Crippen LogP contribution < -0.4 is 0 Å². The maximum Gasteiger partial charge on any atom is 0.307 e. The van der Waals surface area contributed by atoms with Gasteiger partial charge in [0.2, 0.25) is 0 Å². The van der Waals surface area contributed by atoms with Crippen LogP contribution >= 0.6 is 0 Å². The van der Waals surface area contributed by atoms with Crippen molar-refractivity contribution in [2.45, 2.75) is 33.1 Å². The fraction of sp³-hybridized carbons (Fsp3) is 0.312. The highest BCUT2D eigenvalue weighted by Crippen LogP contribution is 2.25. The third kappa shape index (κ3) is 6.04. The second-order valence-corrected chi connectivity index (χ2v) is 4.82. The largest absolute Gasteiger partial charge is 0.435 e. The molecule has 2 nitrogen and oxygen atoms in total. The van der Waals surface area contributed by atoms with Gasteiger partial charge in [0, 0.05) is 6.92 Å². The lowest BCUT2D eigenvalue weighted by Gasteiger charge is -2.21. The number of carbonyl (C=O) groups is 1. The van der Waals surface area contributed by atoms with Gasteiger partial charge in [-0.2, -0.15) is 0 Å². The second kappa shape index (κ2) is 7.49. The molecule has 0 saturated heterocycles.